The number of fused-ring (bicyclic) bond motifs is 3. The molecule has 0 spiro atoms. The van der Waals surface area contributed by atoms with Crippen molar-refractivity contribution in [3.05, 3.63) is 137 Å². The Labute approximate surface area is 330 Å². The molecule has 282 valence electrons. The molecule has 1 aliphatic carbocycles. The minimum absolute atomic E-state index is 0.0592. The standard InChI is InChI=1S/C51H64OSi2/c1-16-27-52-46-44(28-33(2)47(53(12)13)45(46)51(9,10)11)54(14,15)48-42-31-36(34-19-17-21-38(29-34)49(3,4)5)23-25-40(42)41-26-24-37(32-43(41)48)35-20-18-22-39(30-35)50(6,7)8/h16-26,28-32,48,53H,1,27H2,2-15H3. The van der Waals surface area contributed by atoms with Gasteiger partial charge >= 0.3 is 0 Å². The molecule has 0 saturated carbocycles. The molecule has 0 radical (unpaired) electrons. The van der Waals surface area contributed by atoms with Crippen molar-refractivity contribution in [2.45, 2.75) is 117 Å². The highest BCUT2D eigenvalue weighted by molar-refractivity contribution is 6.92. The molecule has 0 bridgehead atoms. The molecule has 0 N–H and O–H groups in total. The van der Waals surface area contributed by atoms with E-state index in [4.69, 9.17) is 4.74 Å². The van der Waals surface area contributed by atoms with Gasteiger partial charge in [0.15, 0.2) is 0 Å². The first kappa shape index (κ1) is 39.8. The monoisotopic (exact) mass is 748 g/mol. The number of ether oxygens (including phenoxy) is 1. The van der Waals surface area contributed by atoms with Crippen LogP contribution in [0.25, 0.3) is 33.4 Å². The Kier molecular flexibility index (Phi) is 10.5. The number of rotatable bonds is 8. The second-order valence-electron chi connectivity index (χ2n) is 19.8. The van der Waals surface area contributed by atoms with E-state index in [1.165, 1.54) is 71.9 Å². The topological polar surface area (TPSA) is 9.23 Å². The second kappa shape index (κ2) is 14.3. The summed E-state index contributed by atoms with van der Waals surface area (Å²) in [6.45, 7) is 38.0. The molecular formula is C51H64OSi2. The lowest BCUT2D eigenvalue weighted by Gasteiger charge is -2.38. The Bertz CT molecular complexity index is 2110. The zero-order valence-corrected chi connectivity index (χ0v) is 37.9. The third kappa shape index (κ3) is 7.39. The largest absolute Gasteiger partial charge is 0.489 e. The van der Waals surface area contributed by atoms with Crippen molar-refractivity contribution in [2.75, 3.05) is 6.61 Å². The van der Waals surface area contributed by atoms with Crippen molar-refractivity contribution in [1.29, 1.82) is 0 Å². The van der Waals surface area contributed by atoms with Gasteiger partial charge in [-0.2, -0.15) is 0 Å². The zero-order valence-electron chi connectivity index (χ0n) is 35.7. The van der Waals surface area contributed by atoms with Crippen molar-refractivity contribution in [2.24, 2.45) is 0 Å². The molecule has 0 aromatic heterocycles. The van der Waals surface area contributed by atoms with Crippen molar-refractivity contribution < 1.29 is 4.74 Å². The van der Waals surface area contributed by atoms with Crippen molar-refractivity contribution >= 4 is 27.2 Å². The quantitative estimate of drug-likeness (QED) is 0.113. The van der Waals surface area contributed by atoms with Crippen LogP contribution in [-0.4, -0.2) is 23.5 Å². The minimum atomic E-state index is -2.42. The number of hydrogen-bond donors (Lipinski definition) is 0. The van der Waals surface area contributed by atoms with E-state index in [0.29, 0.717) is 6.61 Å². The van der Waals surface area contributed by atoms with Crippen molar-refractivity contribution in [3.63, 3.8) is 0 Å². The van der Waals surface area contributed by atoms with Crippen LogP contribution in [0.15, 0.2) is 104 Å². The molecule has 5 aromatic rings. The molecule has 5 aromatic carbocycles. The van der Waals surface area contributed by atoms with E-state index in [1.807, 2.05) is 6.08 Å². The summed E-state index contributed by atoms with van der Waals surface area (Å²) in [6.07, 6.45) is 1.91. The van der Waals surface area contributed by atoms with E-state index >= 15 is 0 Å². The van der Waals surface area contributed by atoms with Crippen LogP contribution >= 0.6 is 0 Å². The van der Waals surface area contributed by atoms with Gasteiger partial charge in [0.1, 0.15) is 12.4 Å². The predicted octanol–water partition coefficient (Wildman–Crippen LogP) is 12.7. The Hall–Kier alpha value is -3.93. The van der Waals surface area contributed by atoms with Gasteiger partial charge in [0.05, 0.1) is 16.9 Å². The summed E-state index contributed by atoms with van der Waals surface area (Å²) < 4.78 is 6.93. The molecule has 1 aliphatic rings. The molecular weight excluding hydrogens is 685 g/mol. The Morgan fingerprint density at radius 2 is 1.11 bits per heavy atom. The molecule has 0 fully saturated rings. The first-order valence-corrected chi connectivity index (χ1v) is 26.0. The summed E-state index contributed by atoms with van der Waals surface area (Å²) in [5.41, 5.74) is 16.7. The van der Waals surface area contributed by atoms with E-state index < -0.39 is 16.9 Å². The van der Waals surface area contributed by atoms with Gasteiger partial charge < -0.3 is 4.74 Å². The van der Waals surface area contributed by atoms with Gasteiger partial charge in [-0.1, -0.05) is 203 Å². The fraction of sp³-hybridized carbons (Fsp3) is 0.373. The maximum atomic E-state index is 6.93. The van der Waals surface area contributed by atoms with E-state index in [9.17, 15) is 0 Å². The fourth-order valence-electron chi connectivity index (χ4n) is 8.96. The van der Waals surface area contributed by atoms with Crippen LogP contribution in [0.1, 0.15) is 101 Å². The summed E-state index contributed by atoms with van der Waals surface area (Å²) in [4.78, 5) is 0. The molecule has 6 rings (SSSR count). The van der Waals surface area contributed by atoms with Crippen LogP contribution < -0.4 is 15.1 Å². The molecule has 1 nitrogen and oxygen atoms in total. The summed E-state index contributed by atoms with van der Waals surface area (Å²) in [5, 5.41) is 2.98. The molecule has 54 heavy (non-hydrogen) atoms. The van der Waals surface area contributed by atoms with Gasteiger partial charge in [0.25, 0.3) is 0 Å². The van der Waals surface area contributed by atoms with E-state index in [2.05, 4.69) is 193 Å². The lowest BCUT2D eigenvalue weighted by atomic mass is 9.85. The Morgan fingerprint density at radius 1 is 0.648 bits per heavy atom. The first-order chi connectivity index (χ1) is 25.1. The minimum Gasteiger partial charge on any atom is -0.489 e. The summed E-state index contributed by atoms with van der Waals surface area (Å²) >= 11 is 0. The molecule has 0 unspecified atom stereocenters. The van der Waals surface area contributed by atoms with E-state index in [1.54, 1.807) is 5.19 Å². The predicted molar refractivity (Wildman–Crippen MR) is 243 cm³/mol. The highest BCUT2D eigenvalue weighted by atomic mass is 28.3. The van der Waals surface area contributed by atoms with Gasteiger partial charge in [0.2, 0.25) is 0 Å². The smallest absolute Gasteiger partial charge is 0.122 e. The van der Waals surface area contributed by atoms with E-state index in [-0.39, 0.29) is 21.8 Å². The molecule has 0 amide bonds. The van der Waals surface area contributed by atoms with Crippen LogP contribution in [0.2, 0.25) is 26.2 Å². The second-order valence-corrected chi connectivity index (χ2v) is 27.2. The van der Waals surface area contributed by atoms with Crippen LogP contribution in [0.5, 0.6) is 5.75 Å². The van der Waals surface area contributed by atoms with Gasteiger partial charge in [-0.3, -0.25) is 0 Å². The number of benzene rings is 5. The fourth-order valence-corrected chi connectivity index (χ4v) is 14.8. The van der Waals surface area contributed by atoms with Gasteiger partial charge in [-0.05, 0) is 89.6 Å². The van der Waals surface area contributed by atoms with Crippen LogP contribution in [0, 0.1) is 6.92 Å². The van der Waals surface area contributed by atoms with Crippen molar-refractivity contribution in [3.8, 4) is 39.1 Å². The average Bonchev–Trinajstić information content (AvgIpc) is 3.43. The van der Waals surface area contributed by atoms with Crippen LogP contribution in [-0.2, 0) is 16.2 Å². The molecule has 0 heterocycles. The first-order valence-electron chi connectivity index (χ1n) is 20.1. The highest BCUT2D eigenvalue weighted by Crippen LogP contribution is 2.52. The normalized spacial score (nSPS) is 13.6. The summed E-state index contributed by atoms with van der Waals surface area (Å²) in [7, 11) is -3.60. The molecule has 0 atom stereocenters. The Morgan fingerprint density at radius 3 is 1.52 bits per heavy atom. The molecule has 0 saturated heterocycles. The van der Waals surface area contributed by atoms with Gasteiger partial charge in [-0.15, -0.1) is 0 Å². The van der Waals surface area contributed by atoms with E-state index in [0.717, 1.165) is 5.75 Å². The molecule has 3 heteroatoms. The summed E-state index contributed by atoms with van der Waals surface area (Å²) in [6, 6.07) is 35.5. The lowest BCUT2D eigenvalue weighted by Crippen LogP contribution is -2.51. The molecule has 0 aliphatic heterocycles. The average molecular weight is 749 g/mol. The third-order valence-electron chi connectivity index (χ3n) is 11.8. The van der Waals surface area contributed by atoms with Gasteiger partial charge in [-0.25, -0.2) is 0 Å². The SMILES string of the molecule is C=CCOc1c([Si](C)(C)C2c3cc(-c4cccc(C(C)(C)C)c4)ccc3-c3ccc(-c4cccc(C(C)(C)C)c4)cc32)cc(C)c([SiH](C)C)c1C(C)(C)C. The third-order valence-corrected chi connectivity index (χ3v) is 17.5. The number of aryl methyl sites for hydroxylation is 1. The van der Waals surface area contributed by atoms with Crippen LogP contribution in [0.3, 0.4) is 0 Å². The summed E-state index contributed by atoms with van der Waals surface area (Å²) in [5.74, 6) is 1.12. The zero-order chi connectivity index (χ0) is 39.5. The maximum absolute atomic E-state index is 6.93. The van der Waals surface area contributed by atoms with Gasteiger partial charge in [0, 0.05) is 5.54 Å². The highest BCUT2D eigenvalue weighted by Gasteiger charge is 2.45. The van der Waals surface area contributed by atoms with Crippen LogP contribution in [0.4, 0.5) is 0 Å². The Balaban J connectivity index is 1.64. The lowest BCUT2D eigenvalue weighted by molar-refractivity contribution is 0.354. The maximum Gasteiger partial charge on any atom is 0.122 e. The van der Waals surface area contributed by atoms with Crippen molar-refractivity contribution in [1.82, 2.24) is 0 Å². The number of hydrogen-bond acceptors (Lipinski definition) is 1.